The summed E-state index contributed by atoms with van der Waals surface area (Å²) in [6.07, 6.45) is 8.70. The van der Waals surface area contributed by atoms with Gasteiger partial charge < -0.3 is 5.32 Å². The van der Waals surface area contributed by atoms with Crippen LogP contribution in [0.4, 0.5) is 5.69 Å². The van der Waals surface area contributed by atoms with Gasteiger partial charge in [0.2, 0.25) is 0 Å². The van der Waals surface area contributed by atoms with Crippen molar-refractivity contribution in [2.75, 3.05) is 25.0 Å². The van der Waals surface area contributed by atoms with E-state index < -0.39 is 0 Å². The smallest absolute Gasteiger partial charge is 0.267 e. The third-order valence-electron chi connectivity index (χ3n) is 5.81. The number of likely N-dealkylation sites (tertiary alicyclic amines) is 1. The van der Waals surface area contributed by atoms with Gasteiger partial charge in [-0.2, -0.15) is 5.10 Å². The lowest BCUT2D eigenvalue weighted by atomic mass is 10.0. The summed E-state index contributed by atoms with van der Waals surface area (Å²) in [5, 5.41) is 8.18. The minimum absolute atomic E-state index is 0.0506. The molecule has 2 aromatic rings. The Balaban J connectivity index is 1.37. The molecule has 1 fully saturated rings. The van der Waals surface area contributed by atoms with Crippen molar-refractivity contribution >= 4 is 5.69 Å². The maximum atomic E-state index is 12.3. The van der Waals surface area contributed by atoms with Crippen molar-refractivity contribution in [3.8, 4) is 0 Å². The molecule has 2 aromatic heterocycles. The van der Waals surface area contributed by atoms with E-state index in [1.165, 1.54) is 19.3 Å². The fourth-order valence-electron chi connectivity index (χ4n) is 4.30. The van der Waals surface area contributed by atoms with Crippen LogP contribution in [-0.2, 0) is 19.4 Å². The molecule has 27 heavy (non-hydrogen) atoms. The summed E-state index contributed by atoms with van der Waals surface area (Å²) in [6, 6.07) is 6.41. The molecule has 1 aliphatic heterocycles. The quantitative estimate of drug-likeness (QED) is 0.849. The Morgan fingerprint density at radius 1 is 1.19 bits per heavy atom. The molecular formula is C21H29N5O. The van der Waals surface area contributed by atoms with Crippen LogP contribution in [0.15, 0.2) is 29.2 Å². The zero-order chi connectivity index (χ0) is 18.6. The van der Waals surface area contributed by atoms with E-state index in [-0.39, 0.29) is 5.56 Å². The molecule has 2 aliphatic rings. The topological polar surface area (TPSA) is 63.1 Å². The second-order valence-electron chi connectivity index (χ2n) is 7.78. The van der Waals surface area contributed by atoms with Gasteiger partial charge in [-0.1, -0.05) is 6.42 Å². The number of aryl methyl sites for hydroxylation is 3. The van der Waals surface area contributed by atoms with Crippen LogP contribution in [0, 0.1) is 6.92 Å². The van der Waals surface area contributed by atoms with Gasteiger partial charge in [0, 0.05) is 42.8 Å². The molecule has 1 N–H and O–H groups in total. The monoisotopic (exact) mass is 367 g/mol. The van der Waals surface area contributed by atoms with Crippen molar-refractivity contribution in [3.63, 3.8) is 0 Å². The molecule has 3 heterocycles. The lowest BCUT2D eigenvalue weighted by Gasteiger charge is -2.36. The van der Waals surface area contributed by atoms with Gasteiger partial charge in [0.15, 0.2) is 0 Å². The first-order chi connectivity index (χ1) is 13.2. The summed E-state index contributed by atoms with van der Waals surface area (Å²) < 4.78 is 1.68. The number of pyridine rings is 1. The number of anilines is 1. The number of piperidine rings is 1. The van der Waals surface area contributed by atoms with E-state index in [9.17, 15) is 4.79 Å². The van der Waals surface area contributed by atoms with Gasteiger partial charge in [-0.15, -0.1) is 0 Å². The van der Waals surface area contributed by atoms with Crippen LogP contribution in [0.3, 0.4) is 0 Å². The highest BCUT2D eigenvalue weighted by Crippen LogP contribution is 2.19. The third kappa shape index (κ3) is 4.38. The van der Waals surface area contributed by atoms with E-state index in [1.807, 2.05) is 19.2 Å². The number of rotatable bonds is 6. The summed E-state index contributed by atoms with van der Waals surface area (Å²) in [5.74, 6) is 0. The van der Waals surface area contributed by atoms with Crippen LogP contribution < -0.4 is 10.9 Å². The molecule has 0 amide bonds. The molecule has 0 bridgehead atoms. The molecule has 1 atom stereocenters. The van der Waals surface area contributed by atoms with E-state index >= 15 is 0 Å². The molecule has 0 spiro atoms. The van der Waals surface area contributed by atoms with E-state index in [2.05, 4.69) is 26.4 Å². The number of hydrogen-bond acceptors (Lipinski definition) is 5. The molecule has 0 saturated carbocycles. The maximum absolute atomic E-state index is 12.3. The second-order valence-corrected chi connectivity index (χ2v) is 7.78. The van der Waals surface area contributed by atoms with E-state index in [4.69, 9.17) is 0 Å². The van der Waals surface area contributed by atoms with Gasteiger partial charge in [0.25, 0.3) is 5.56 Å². The minimum Gasteiger partial charge on any atom is -0.383 e. The summed E-state index contributed by atoms with van der Waals surface area (Å²) in [5.41, 5.74) is 4.49. The standard InChI is InChI=1S/C21H29N5O/c1-16-13-18(8-9-22-16)23-15-19-6-2-3-10-25(19)11-12-26-21(27)14-17-5-4-7-20(17)24-26/h8-9,13-14,19H,2-7,10-12,15H2,1H3,(H,22,23). The summed E-state index contributed by atoms with van der Waals surface area (Å²) in [4.78, 5) is 19.1. The highest BCUT2D eigenvalue weighted by Gasteiger charge is 2.22. The van der Waals surface area contributed by atoms with Gasteiger partial charge in [0.05, 0.1) is 12.2 Å². The zero-order valence-electron chi connectivity index (χ0n) is 16.2. The predicted octanol–water partition coefficient (Wildman–Crippen LogP) is 2.40. The number of fused-ring (bicyclic) bond motifs is 1. The molecule has 1 aliphatic carbocycles. The first-order valence-electron chi connectivity index (χ1n) is 10.2. The van der Waals surface area contributed by atoms with Gasteiger partial charge >= 0.3 is 0 Å². The molecule has 1 saturated heterocycles. The Hall–Kier alpha value is -2.21. The van der Waals surface area contributed by atoms with Crippen LogP contribution in [0.2, 0.25) is 0 Å². The van der Waals surface area contributed by atoms with Crippen molar-refractivity contribution in [3.05, 3.63) is 51.7 Å². The van der Waals surface area contributed by atoms with E-state index in [1.54, 1.807) is 10.7 Å². The molecule has 0 radical (unpaired) electrons. The van der Waals surface area contributed by atoms with Crippen LogP contribution in [0.5, 0.6) is 0 Å². The lowest BCUT2D eigenvalue weighted by molar-refractivity contribution is 0.148. The Morgan fingerprint density at radius 3 is 3.00 bits per heavy atom. The largest absolute Gasteiger partial charge is 0.383 e. The summed E-state index contributed by atoms with van der Waals surface area (Å²) in [7, 11) is 0. The lowest BCUT2D eigenvalue weighted by Crippen LogP contribution is -2.45. The van der Waals surface area contributed by atoms with Crippen LogP contribution in [-0.4, -0.2) is 45.3 Å². The van der Waals surface area contributed by atoms with Crippen molar-refractivity contribution < 1.29 is 0 Å². The highest BCUT2D eigenvalue weighted by molar-refractivity contribution is 5.43. The summed E-state index contributed by atoms with van der Waals surface area (Å²) >= 11 is 0. The first-order valence-corrected chi connectivity index (χ1v) is 10.2. The Morgan fingerprint density at radius 2 is 2.11 bits per heavy atom. The third-order valence-corrected chi connectivity index (χ3v) is 5.81. The molecule has 0 aromatic carbocycles. The normalized spacial score (nSPS) is 19.8. The predicted molar refractivity (Wildman–Crippen MR) is 107 cm³/mol. The summed E-state index contributed by atoms with van der Waals surface area (Å²) in [6.45, 7) is 5.60. The minimum atomic E-state index is 0.0506. The number of aromatic nitrogens is 3. The second kappa shape index (κ2) is 8.21. The van der Waals surface area contributed by atoms with Gasteiger partial charge in [-0.05, 0) is 63.3 Å². The first kappa shape index (κ1) is 18.2. The Kier molecular flexibility index (Phi) is 5.53. The fourth-order valence-corrected chi connectivity index (χ4v) is 4.30. The number of nitrogens with zero attached hydrogens (tertiary/aromatic N) is 4. The maximum Gasteiger partial charge on any atom is 0.267 e. The van der Waals surface area contributed by atoms with E-state index in [0.717, 1.165) is 61.5 Å². The molecule has 144 valence electrons. The van der Waals surface area contributed by atoms with E-state index in [0.29, 0.717) is 12.6 Å². The van der Waals surface area contributed by atoms with Crippen molar-refractivity contribution in [2.24, 2.45) is 0 Å². The van der Waals surface area contributed by atoms with Crippen molar-refractivity contribution in [1.29, 1.82) is 0 Å². The number of hydrogen-bond donors (Lipinski definition) is 1. The van der Waals surface area contributed by atoms with Crippen molar-refractivity contribution in [1.82, 2.24) is 19.7 Å². The van der Waals surface area contributed by atoms with Crippen molar-refractivity contribution in [2.45, 2.75) is 58.0 Å². The highest BCUT2D eigenvalue weighted by atomic mass is 16.1. The van der Waals surface area contributed by atoms with Crippen LogP contribution >= 0.6 is 0 Å². The number of nitrogens with one attached hydrogen (secondary N) is 1. The van der Waals surface area contributed by atoms with Gasteiger partial charge in [-0.25, -0.2) is 4.68 Å². The average Bonchev–Trinajstić information content (AvgIpc) is 3.12. The molecule has 6 heteroatoms. The Bertz CT molecular complexity index is 847. The molecule has 1 unspecified atom stereocenters. The fraction of sp³-hybridized carbons (Fsp3) is 0.571. The molecular weight excluding hydrogens is 338 g/mol. The van der Waals surface area contributed by atoms with Gasteiger partial charge in [0.1, 0.15) is 0 Å². The molecule has 4 rings (SSSR count). The SMILES string of the molecule is Cc1cc(NCC2CCCCN2CCn2nc3c(cc2=O)CCC3)ccn1. The van der Waals surface area contributed by atoms with Crippen LogP contribution in [0.25, 0.3) is 0 Å². The molecule has 6 nitrogen and oxygen atoms in total. The van der Waals surface area contributed by atoms with Crippen LogP contribution in [0.1, 0.15) is 42.6 Å². The Labute approximate surface area is 160 Å². The average molecular weight is 367 g/mol. The zero-order valence-corrected chi connectivity index (χ0v) is 16.2. The van der Waals surface area contributed by atoms with Gasteiger partial charge in [-0.3, -0.25) is 14.7 Å².